The number of carboxylic acid groups (broad SMARTS) is 1. The third-order valence-electron chi connectivity index (χ3n) is 1.37. The summed E-state index contributed by atoms with van der Waals surface area (Å²) in [4.78, 5) is 21.1. The van der Waals surface area contributed by atoms with E-state index in [9.17, 15) is 9.59 Å². The van der Waals surface area contributed by atoms with Gasteiger partial charge in [0.15, 0.2) is 6.10 Å². The van der Waals surface area contributed by atoms with E-state index in [0.717, 1.165) is 0 Å². The van der Waals surface area contributed by atoms with Gasteiger partial charge in [0.2, 0.25) is 5.91 Å². The lowest BCUT2D eigenvalue weighted by Crippen LogP contribution is -2.36. The molecule has 0 radical (unpaired) electrons. The van der Waals surface area contributed by atoms with Crippen molar-refractivity contribution in [2.24, 2.45) is 5.92 Å². The Bertz CT molecular complexity index is 191. The molecule has 76 valence electrons. The van der Waals surface area contributed by atoms with Crippen LogP contribution < -0.4 is 5.32 Å². The molecule has 1 atom stereocenters. The first-order chi connectivity index (χ1) is 5.93. The Labute approximate surface area is 76.8 Å². The smallest absolute Gasteiger partial charge is 0.334 e. The summed E-state index contributed by atoms with van der Waals surface area (Å²) >= 11 is 0. The summed E-state index contributed by atoms with van der Waals surface area (Å²) in [5.74, 6) is -1.35. The maximum Gasteiger partial charge on any atom is 0.334 e. The van der Waals surface area contributed by atoms with Gasteiger partial charge < -0.3 is 15.5 Å². The molecule has 5 heteroatoms. The molecule has 0 heterocycles. The molecule has 0 aliphatic carbocycles. The van der Waals surface area contributed by atoms with Crippen molar-refractivity contribution in [3.05, 3.63) is 0 Å². The molecule has 0 aliphatic heterocycles. The lowest BCUT2D eigenvalue weighted by Gasteiger charge is -2.08. The average molecular weight is 189 g/mol. The molecular formula is C8H15NO4. The molecular weight excluding hydrogens is 174 g/mol. The van der Waals surface area contributed by atoms with E-state index < -0.39 is 12.1 Å². The number of carbonyl (C=O) groups excluding carboxylic acids is 1. The van der Waals surface area contributed by atoms with Crippen molar-refractivity contribution in [3.63, 3.8) is 0 Å². The molecule has 0 saturated heterocycles. The molecule has 0 aromatic rings. The van der Waals surface area contributed by atoms with E-state index in [1.165, 1.54) is 0 Å². The van der Waals surface area contributed by atoms with E-state index in [0.29, 0.717) is 6.42 Å². The monoisotopic (exact) mass is 189 g/mol. The zero-order chi connectivity index (χ0) is 10.4. The van der Waals surface area contributed by atoms with Crippen LogP contribution in [0.4, 0.5) is 0 Å². The van der Waals surface area contributed by atoms with Crippen molar-refractivity contribution in [1.82, 2.24) is 5.32 Å². The first-order valence-electron chi connectivity index (χ1n) is 4.11. The molecule has 0 aromatic heterocycles. The Hall–Kier alpha value is -1.10. The highest BCUT2D eigenvalue weighted by Gasteiger charge is 2.14. The number of rotatable bonds is 5. The van der Waals surface area contributed by atoms with E-state index >= 15 is 0 Å². The predicted molar refractivity (Wildman–Crippen MR) is 46.1 cm³/mol. The Morgan fingerprint density at radius 3 is 2.31 bits per heavy atom. The van der Waals surface area contributed by atoms with Crippen LogP contribution in [0.2, 0.25) is 0 Å². The van der Waals surface area contributed by atoms with Gasteiger partial charge in [-0.3, -0.25) is 4.79 Å². The van der Waals surface area contributed by atoms with Crippen molar-refractivity contribution in [3.8, 4) is 0 Å². The number of amides is 1. The molecule has 0 fully saturated rings. The second-order valence-electron chi connectivity index (χ2n) is 3.26. The number of aliphatic hydroxyl groups excluding tert-OH is 1. The van der Waals surface area contributed by atoms with E-state index in [-0.39, 0.29) is 18.4 Å². The van der Waals surface area contributed by atoms with Gasteiger partial charge in [-0.1, -0.05) is 13.8 Å². The maximum absolute atomic E-state index is 11.0. The molecule has 3 N–H and O–H groups in total. The fourth-order valence-corrected chi connectivity index (χ4v) is 0.741. The minimum absolute atomic E-state index is 0.224. The molecule has 0 aromatic carbocycles. The lowest BCUT2D eigenvalue weighted by atomic mass is 10.1. The highest BCUT2D eigenvalue weighted by molar-refractivity contribution is 5.78. The summed E-state index contributed by atoms with van der Waals surface area (Å²) < 4.78 is 0. The van der Waals surface area contributed by atoms with Crippen molar-refractivity contribution >= 4 is 11.9 Å². The third-order valence-corrected chi connectivity index (χ3v) is 1.37. The largest absolute Gasteiger partial charge is 0.479 e. The number of hydrogen-bond donors (Lipinski definition) is 3. The molecule has 1 amide bonds. The molecule has 0 rings (SSSR count). The van der Waals surface area contributed by atoms with Gasteiger partial charge in [0.05, 0.1) is 6.54 Å². The van der Waals surface area contributed by atoms with Gasteiger partial charge in [-0.25, -0.2) is 4.79 Å². The third kappa shape index (κ3) is 6.10. The topological polar surface area (TPSA) is 86.6 Å². The summed E-state index contributed by atoms with van der Waals surface area (Å²) in [5.41, 5.74) is 0. The summed E-state index contributed by atoms with van der Waals surface area (Å²) in [6.07, 6.45) is -1.18. The maximum atomic E-state index is 11.0. The number of aliphatic hydroxyl groups is 1. The lowest BCUT2D eigenvalue weighted by molar-refractivity contribution is -0.146. The van der Waals surface area contributed by atoms with Crippen LogP contribution in [0.15, 0.2) is 0 Å². The molecule has 13 heavy (non-hydrogen) atoms. The van der Waals surface area contributed by atoms with Gasteiger partial charge >= 0.3 is 5.97 Å². The van der Waals surface area contributed by atoms with E-state index in [1.807, 2.05) is 13.8 Å². The van der Waals surface area contributed by atoms with Gasteiger partial charge in [-0.2, -0.15) is 0 Å². The number of aliphatic carboxylic acids is 1. The molecule has 0 saturated carbocycles. The van der Waals surface area contributed by atoms with Crippen LogP contribution in [0.1, 0.15) is 20.3 Å². The van der Waals surface area contributed by atoms with Gasteiger partial charge in [-0.05, 0) is 5.92 Å². The predicted octanol–water partition coefficient (Wildman–Crippen LogP) is -0.406. The van der Waals surface area contributed by atoms with Gasteiger partial charge in [0, 0.05) is 6.42 Å². The highest BCUT2D eigenvalue weighted by Crippen LogP contribution is 1.97. The molecule has 5 nitrogen and oxygen atoms in total. The average Bonchev–Trinajstić information content (AvgIpc) is 1.98. The van der Waals surface area contributed by atoms with Crippen molar-refractivity contribution < 1.29 is 19.8 Å². The fraction of sp³-hybridized carbons (Fsp3) is 0.750. The number of carboxylic acids is 1. The summed E-state index contributed by atoms with van der Waals surface area (Å²) in [5, 5.41) is 19.4. The zero-order valence-corrected chi connectivity index (χ0v) is 7.78. The molecule has 0 bridgehead atoms. The zero-order valence-electron chi connectivity index (χ0n) is 7.78. The van der Waals surface area contributed by atoms with E-state index in [1.54, 1.807) is 0 Å². The van der Waals surface area contributed by atoms with Gasteiger partial charge in [0.1, 0.15) is 0 Å². The summed E-state index contributed by atoms with van der Waals surface area (Å²) in [7, 11) is 0. The van der Waals surface area contributed by atoms with Crippen molar-refractivity contribution in [2.45, 2.75) is 26.4 Å². The minimum atomic E-state index is -1.52. The van der Waals surface area contributed by atoms with Crippen LogP contribution in [-0.2, 0) is 9.59 Å². The van der Waals surface area contributed by atoms with Crippen LogP contribution in [0, 0.1) is 5.92 Å². The standard InChI is InChI=1S/C8H15NO4/c1-5(2)3-7(11)9-4-6(10)8(12)13/h5-6,10H,3-4H2,1-2H3,(H,9,11)(H,12,13). The Morgan fingerprint density at radius 2 is 1.92 bits per heavy atom. The van der Waals surface area contributed by atoms with E-state index in [2.05, 4.69) is 5.32 Å². The van der Waals surface area contributed by atoms with Gasteiger partial charge in [-0.15, -0.1) is 0 Å². The van der Waals surface area contributed by atoms with Crippen LogP contribution in [0.25, 0.3) is 0 Å². The highest BCUT2D eigenvalue weighted by atomic mass is 16.4. The van der Waals surface area contributed by atoms with Crippen molar-refractivity contribution in [2.75, 3.05) is 6.54 Å². The fourth-order valence-electron chi connectivity index (χ4n) is 0.741. The first kappa shape index (κ1) is 11.9. The Kier molecular flexibility index (Phi) is 5.06. The minimum Gasteiger partial charge on any atom is -0.479 e. The van der Waals surface area contributed by atoms with Crippen LogP contribution in [-0.4, -0.2) is 34.7 Å². The van der Waals surface area contributed by atoms with Gasteiger partial charge in [0.25, 0.3) is 0 Å². The van der Waals surface area contributed by atoms with Crippen LogP contribution >= 0.6 is 0 Å². The quantitative estimate of drug-likeness (QED) is 0.549. The second-order valence-corrected chi connectivity index (χ2v) is 3.26. The van der Waals surface area contributed by atoms with Crippen LogP contribution in [0.5, 0.6) is 0 Å². The number of carbonyl (C=O) groups is 2. The normalized spacial score (nSPS) is 12.6. The van der Waals surface area contributed by atoms with Crippen molar-refractivity contribution in [1.29, 1.82) is 0 Å². The van der Waals surface area contributed by atoms with E-state index in [4.69, 9.17) is 10.2 Å². The summed E-state index contributed by atoms with van der Waals surface area (Å²) in [6.45, 7) is 3.53. The van der Waals surface area contributed by atoms with Crippen LogP contribution in [0.3, 0.4) is 0 Å². The second kappa shape index (κ2) is 5.53. The first-order valence-corrected chi connectivity index (χ1v) is 4.11. The Balaban J connectivity index is 3.64. The molecule has 0 aliphatic rings. The summed E-state index contributed by atoms with van der Waals surface area (Å²) in [6, 6.07) is 0. The molecule has 1 unspecified atom stereocenters. The molecule has 0 spiro atoms. The Morgan fingerprint density at radius 1 is 1.38 bits per heavy atom. The SMILES string of the molecule is CC(C)CC(=O)NCC(O)C(=O)O. The number of hydrogen-bond acceptors (Lipinski definition) is 3. The number of nitrogens with one attached hydrogen (secondary N) is 1.